The van der Waals surface area contributed by atoms with Crippen LogP contribution in [0.4, 0.5) is 0 Å². The lowest BCUT2D eigenvalue weighted by Crippen LogP contribution is -2.42. The van der Waals surface area contributed by atoms with Gasteiger partial charge < -0.3 is 4.90 Å². The number of hydrogen-bond acceptors (Lipinski definition) is 3. The second-order valence-corrected chi connectivity index (χ2v) is 5.39. The summed E-state index contributed by atoms with van der Waals surface area (Å²) in [5.74, 6) is 1.41. The van der Waals surface area contributed by atoms with Crippen molar-refractivity contribution in [1.29, 1.82) is 0 Å². The van der Waals surface area contributed by atoms with E-state index >= 15 is 0 Å². The highest BCUT2D eigenvalue weighted by Gasteiger charge is 2.35. The molecule has 4 heteroatoms. The van der Waals surface area contributed by atoms with E-state index in [2.05, 4.69) is 32.1 Å². The van der Waals surface area contributed by atoms with Gasteiger partial charge in [0.2, 0.25) is 5.91 Å². The molecule has 0 unspecified atom stereocenters. The molecular weight excluding hydrogens is 208 g/mol. The van der Waals surface area contributed by atoms with Crippen LogP contribution >= 0.6 is 11.8 Å². The first-order chi connectivity index (χ1) is 7.07. The quantitative estimate of drug-likeness (QED) is 0.711. The fraction of sp³-hybridized carbons (Fsp3) is 0.909. The van der Waals surface area contributed by atoms with E-state index in [-0.39, 0.29) is 6.04 Å². The van der Waals surface area contributed by atoms with Crippen LogP contribution in [-0.4, -0.2) is 59.9 Å². The molecule has 0 bridgehead atoms. The maximum absolute atomic E-state index is 12.0. The third kappa shape index (κ3) is 3.11. The van der Waals surface area contributed by atoms with E-state index in [1.54, 1.807) is 0 Å². The topological polar surface area (TPSA) is 23.6 Å². The molecule has 0 aromatic heterocycles. The zero-order chi connectivity index (χ0) is 11.4. The van der Waals surface area contributed by atoms with Crippen molar-refractivity contribution >= 4 is 17.7 Å². The molecule has 88 valence electrons. The maximum Gasteiger partial charge on any atom is 0.240 e. The monoisotopic (exact) mass is 230 g/mol. The fourth-order valence-corrected chi connectivity index (χ4v) is 2.47. The summed E-state index contributed by atoms with van der Waals surface area (Å²) < 4.78 is 0. The van der Waals surface area contributed by atoms with Crippen LogP contribution in [0.5, 0.6) is 0 Å². The minimum absolute atomic E-state index is 0.125. The highest BCUT2D eigenvalue weighted by molar-refractivity contribution is 7.98. The van der Waals surface area contributed by atoms with Gasteiger partial charge in [-0.3, -0.25) is 9.69 Å². The van der Waals surface area contributed by atoms with Gasteiger partial charge in [0.05, 0.1) is 6.04 Å². The predicted octanol–water partition coefficient (Wildman–Crippen LogP) is 1.29. The molecule has 1 atom stereocenters. The van der Waals surface area contributed by atoms with Gasteiger partial charge in [0.15, 0.2) is 0 Å². The van der Waals surface area contributed by atoms with Crippen LogP contribution < -0.4 is 0 Å². The second-order valence-electron chi connectivity index (χ2n) is 4.40. The Kier molecular flexibility index (Phi) is 4.93. The third-order valence-electron chi connectivity index (χ3n) is 3.02. The van der Waals surface area contributed by atoms with E-state index in [9.17, 15) is 4.79 Å². The van der Waals surface area contributed by atoms with E-state index in [1.807, 2.05) is 16.7 Å². The van der Waals surface area contributed by atoms with Gasteiger partial charge in [-0.15, -0.1) is 0 Å². The lowest BCUT2D eigenvalue weighted by atomic mass is 10.2. The average Bonchev–Trinajstić information content (AvgIpc) is 2.56. The highest BCUT2D eigenvalue weighted by Crippen LogP contribution is 2.18. The Morgan fingerprint density at radius 2 is 2.27 bits per heavy atom. The first-order valence-corrected chi connectivity index (χ1v) is 6.97. The van der Waals surface area contributed by atoms with E-state index < -0.39 is 0 Å². The van der Waals surface area contributed by atoms with Gasteiger partial charge in [-0.1, -0.05) is 0 Å². The summed E-state index contributed by atoms with van der Waals surface area (Å²) in [6, 6.07) is 0.469. The average molecular weight is 230 g/mol. The lowest BCUT2D eigenvalue weighted by molar-refractivity contribution is -0.133. The third-order valence-corrected chi connectivity index (χ3v) is 3.61. The molecule has 1 amide bonds. The van der Waals surface area contributed by atoms with Crippen molar-refractivity contribution in [1.82, 2.24) is 9.80 Å². The number of nitrogens with zero attached hydrogens (tertiary/aromatic N) is 2. The van der Waals surface area contributed by atoms with Crippen LogP contribution in [0.2, 0.25) is 0 Å². The van der Waals surface area contributed by atoms with Crippen LogP contribution in [0.15, 0.2) is 0 Å². The summed E-state index contributed by atoms with van der Waals surface area (Å²) in [6.07, 6.45) is 3.09. The largest absolute Gasteiger partial charge is 0.339 e. The van der Waals surface area contributed by atoms with Crippen LogP contribution in [0, 0.1) is 0 Å². The van der Waals surface area contributed by atoms with Gasteiger partial charge in [-0.2, -0.15) is 11.8 Å². The van der Waals surface area contributed by atoms with Crippen LogP contribution in [0.25, 0.3) is 0 Å². The van der Waals surface area contributed by atoms with E-state index in [1.165, 1.54) is 0 Å². The summed E-state index contributed by atoms with van der Waals surface area (Å²) in [5.41, 5.74) is 0. The molecule has 0 aliphatic carbocycles. The molecule has 0 radical (unpaired) electrons. The smallest absolute Gasteiger partial charge is 0.240 e. The SMILES string of the molecule is CSCCN(C)[C@@H]1CCN(C(C)C)C1=O. The number of carbonyl (C=O) groups excluding carboxylic acids is 1. The van der Waals surface area contributed by atoms with Gasteiger partial charge in [-0.05, 0) is 33.6 Å². The number of likely N-dealkylation sites (tertiary alicyclic amines) is 1. The molecule has 0 aromatic carbocycles. The Morgan fingerprint density at radius 3 is 2.73 bits per heavy atom. The molecule has 15 heavy (non-hydrogen) atoms. The van der Waals surface area contributed by atoms with Gasteiger partial charge >= 0.3 is 0 Å². The number of amides is 1. The number of rotatable bonds is 5. The lowest BCUT2D eigenvalue weighted by Gasteiger charge is -2.25. The van der Waals surface area contributed by atoms with E-state index in [0.29, 0.717) is 11.9 Å². The Hall–Kier alpha value is -0.220. The highest BCUT2D eigenvalue weighted by atomic mass is 32.2. The zero-order valence-corrected chi connectivity index (χ0v) is 11.0. The van der Waals surface area contributed by atoms with Crippen molar-refractivity contribution in [2.75, 3.05) is 32.1 Å². The molecule has 1 aliphatic heterocycles. The molecule has 1 rings (SSSR count). The van der Waals surface area contributed by atoms with Crippen molar-refractivity contribution < 1.29 is 4.79 Å². The van der Waals surface area contributed by atoms with Crippen LogP contribution in [0.1, 0.15) is 20.3 Å². The molecular formula is C11H22N2OS. The minimum atomic E-state index is 0.125. The fourth-order valence-electron chi connectivity index (χ4n) is 2.00. The standard InChI is InChI=1S/C11H22N2OS/c1-9(2)13-6-5-10(11(13)14)12(3)7-8-15-4/h9-10H,5-8H2,1-4H3/t10-/m1/s1. The summed E-state index contributed by atoms with van der Waals surface area (Å²) in [7, 11) is 2.06. The summed E-state index contributed by atoms with van der Waals surface area (Å²) in [5, 5.41) is 0. The van der Waals surface area contributed by atoms with Crippen molar-refractivity contribution in [2.45, 2.75) is 32.4 Å². The van der Waals surface area contributed by atoms with Gasteiger partial charge in [0, 0.05) is 24.9 Å². The molecule has 1 aliphatic rings. The van der Waals surface area contributed by atoms with Gasteiger partial charge in [-0.25, -0.2) is 0 Å². The Bertz CT molecular complexity index is 221. The molecule has 1 heterocycles. The second kappa shape index (κ2) is 5.75. The van der Waals surface area contributed by atoms with Crippen molar-refractivity contribution in [3.05, 3.63) is 0 Å². The van der Waals surface area contributed by atoms with E-state index in [0.717, 1.165) is 25.3 Å². The van der Waals surface area contributed by atoms with Crippen molar-refractivity contribution in [3.63, 3.8) is 0 Å². The zero-order valence-electron chi connectivity index (χ0n) is 10.2. The molecule has 1 fully saturated rings. The summed E-state index contributed by atoms with van der Waals surface area (Å²) in [4.78, 5) is 16.2. The number of hydrogen-bond donors (Lipinski definition) is 0. The van der Waals surface area contributed by atoms with Crippen LogP contribution in [0.3, 0.4) is 0 Å². The maximum atomic E-state index is 12.0. The Labute approximate surface area is 97.2 Å². The molecule has 3 nitrogen and oxygen atoms in total. The van der Waals surface area contributed by atoms with Gasteiger partial charge in [0.25, 0.3) is 0 Å². The number of carbonyl (C=O) groups is 1. The van der Waals surface area contributed by atoms with E-state index in [4.69, 9.17) is 0 Å². The number of likely N-dealkylation sites (N-methyl/N-ethyl adjacent to an activating group) is 1. The predicted molar refractivity (Wildman–Crippen MR) is 66.3 cm³/mol. The van der Waals surface area contributed by atoms with Crippen molar-refractivity contribution in [2.24, 2.45) is 0 Å². The molecule has 0 aromatic rings. The number of thioether (sulfide) groups is 1. The first-order valence-electron chi connectivity index (χ1n) is 5.57. The molecule has 1 saturated heterocycles. The van der Waals surface area contributed by atoms with Crippen molar-refractivity contribution in [3.8, 4) is 0 Å². The van der Waals surface area contributed by atoms with Crippen LogP contribution in [-0.2, 0) is 4.79 Å². The Balaban J connectivity index is 2.48. The molecule has 0 spiro atoms. The normalized spacial score (nSPS) is 22.1. The summed E-state index contributed by atoms with van der Waals surface area (Å²) in [6.45, 7) is 6.10. The first kappa shape index (κ1) is 12.8. The molecule has 0 N–H and O–H groups in total. The van der Waals surface area contributed by atoms with Gasteiger partial charge in [0.1, 0.15) is 0 Å². The summed E-state index contributed by atoms with van der Waals surface area (Å²) >= 11 is 1.83. The Morgan fingerprint density at radius 1 is 1.60 bits per heavy atom. The minimum Gasteiger partial charge on any atom is -0.339 e. The molecule has 0 saturated carbocycles.